The summed E-state index contributed by atoms with van der Waals surface area (Å²) >= 11 is 3.10. The van der Waals surface area contributed by atoms with E-state index >= 15 is 0 Å². The van der Waals surface area contributed by atoms with Gasteiger partial charge in [0.25, 0.3) is 5.91 Å². The number of carbonyl (C=O) groups is 1. The number of amides is 1. The number of likely N-dealkylation sites (tertiary alicyclic amines) is 1. The van der Waals surface area contributed by atoms with Crippen molar-refractivity contribution in [3.05, 3.63) is 63.4 Å². The molecule has 1 heterocycles. The Balaban J connectivity index is 1.53. The van der Waals surface area contributed by atoms with Crippen molar-refractivity contribution in [2.45, 2.75) is 31.4 Å². The third-order valence-corrected chi connectivity index (χ3v) is 5.87. The van der Waals surface area contributed by atoms with Crippen molar-refractivity contribution in [2.24, 2.45) is 4.99 Å². The van der Waals surface area contributed by atoms with Crippen LogP contribution in [-0.4, -0.2) is 41.4 Å². The van der Waals surface area contributed by atoms with Gasteiger partial charge in [-0.15, -0.1) is 0 Å². The first-order chi connectivity index (χ1) is 13.5. The van der Waals surface area contributed by atoms with Crippen molar-refractivity contribution in [3.8, 4) is 0 Å². The molecule has 1 aliphatic carbocycles. The molecule has 5 nitrogen and oxygen atoms in total. The second-order valence-electron chi connectivity index (χ2n) is 7.22. The first-order valence-corrected chi connectivity index (χ1v) is 10.2. The highest BCUT2D eigenvalue weighted by atomic mass is 79.9. The minimum atomic E-state index is -0.708. The van der Waals surface area contributed by atoms with Gasteiger partial charge in [0.15, 0.2) is 0 Å². The second-order valence-corrected chi connectivity index (χ2v) is 8.08. The van der Waals surface area contributed by atoms with Gasteiger partial charge in [-0.1, -0.05) is 6.07 Å². The molecular formula is C21H21BrFN3O2. The quantitative estimate of drug-likeness (QED) is 0.556. The minimum Gasteiger partial charge on any atom is -0.390 e. The first kappa shape index (κ1) is 19.1. The van der Waals surface area contributed by atoms with Crippen molar-refractivity contribution in [3.63, 3.8) is 0 Å². The van der Waals surface area contributed by atoms with Crippen molar-refractivity contribution in [2.75, 3.05) is 13.1 Å². The Morgan fingerprint density at radius 1 is 1.25 bits per heavy atom. The fourth-order valence-electron chi connectivity index (χ4n) is 3.73. The molecule has 28 heavy (non-hydrogen) atoms. The summed E-state index contributed by atoms with van der Waals surface area (Å²) in [6.45, 7) is 2.05. The summed E-state index contributed by atoms with van der Waals surface area (Å²) in [5.74, 6) is -0.785. The molecule has 2 aliphatic rings. The number of rotatable bonds is 4. The molecule has 1 fully saturated rings. The fraction of sp³-hybridized carbons (Fsp3) is 0.333. The number of hydrogen-bond donors (Lipinski definition) is 2. The number of halogens is 2. The standard InChI is InChI=1S/C21H21BrFN3O2/c22-17-9-14(4-6-18(17)23)21(28)25-20-16-11-15(5-3-13(16)10-19(20)27)24-12-26-7-1-2-8-26/h3-6,9,11-12,19-20,27H,1-2,7-8,10H2,(H,25,28)/t19-,20?/m0/s1. The summed E-state index contributed by atoms with van der Waals surface area (Å²) in [6, 6.07) is 9.38. The van der Waals surface area contributed by atoms with E-state index in [2.05, 4.69) is 31.1 Å². The average Bonchev–Trinajstić information content (AvgIpc) is 3.30. The van der Waals surface area contributed by atoms with Gasteiger partial charge in [-0.25, -0.2) is 9.38 Å². The van der Waals surface area contributed by atoms with Crippen molar-refractivity contribution < 1.29 is 14.3 Å². The zero-order chi connectivity index (χ0) is 19.7. The maximum atomic E-state index is 13.4. The number of nitrogens with one attached hydrogen (secondary N) is 1. The van der Waals surface area contributed by atoms with E-state index in [1.807, 2.05) is 24.5 Å². The normalized spacial score (nSPS) is 21.3. The number of fused-ring (bicyclic) bond motifs is 1. The molecule has 4 rings (SSSR count). The summed E-state index contributed by atoms with van der Waals surface area (Å²) in [7, 11) is 0. The van der Waals surface area contributed by atoms with E-state index in [0.717, 1.165) is 29.9 Å². The van der Waals surface area contributed by atoms with Crippen LogP contribution in [0.15, 0.2) is 45.9 Å². The van der Waals surface area contributed by atoms with Crippen LogP contribution in [0.2, 0.25) is 0 Å². The SMILES string of the molecule is O=C(NC1c2cc(N=CN3CCCC3)ccc2C[C@@H]1O)c1ccc(F)c(Br)c1. The van der Waals surface area contributed by atoms with Crippen LogP contribution in [0.5, 0.6) is 0 Å². The highest BCUT2D eigenvalue weighted by Crippen LogP contribution is 2.34. The Kier molecular flexibility index (Phi) is 5.46. The number of carbonyl (C=O) groups excluding carboxylic acids is 1. The van der Waals surface area contributed by atoms with E-state index in [0.29, 0.717) is 12.0 Å². The van der Waals surface area contributed by atoms with Gasteiger partial charge >= 0.3 is 0 Å². The van der Waals surface area contributed by atoms with E-state index in [4.69, 9.17) is 0 Å². The molecule has 1 saturated heterocycles. The van der Waals surface area contributed by atoms with Crippen molar-refractivity contribution in [1.29, 1.82) is 0 Å². The number of aliphatic hydroxyl groups excluding tert-OH is 1. The molecule has 1 unspecified atom stereocenters. The second kappa shape index (κ2) is 8.01. The van der Waals surface area contributed by atoms with Gasteiger partial charge in [-0.3, -0.25) is 4.79 Å². The lowest BCUT2D eigenvalue weighted by Gasteiger charge is -2.18. The first-order valence-electron chi connectivity index (χ1n) is 9.36. The van der Waals surface area contributed by atoms with Crippen LogP contribution in [0.25, 0.3) is 0 Å². The van der Waals surface area contributed by atoms with Crippen LogP contribution in [-0.2, 0) is 6.42 Å². The largest absolute Gasteiger partial charge is 0.390 e. The predicted molar refractivity (Wildman–Crippen MR) is 109 cm³/mol. The molecule has 146 valence electrons. The third-order valence-electron chi connectivity index (χ3n) is 5.26. The number of benzene rings is 2. The van der Waals surface area contributed by atoms with Crippen molar-refractivity contribution in [1.82, 2.24) is 10.2 Å². The third kappa shape index (κ3) is 3.95. The molecule has 0 bridgehead atoms. The van der Waals surface area contributed by atoms with E-state index in [-0.39, 0.29) is 10.4 Å². The molecule has 0 radical (unpaired) electrons. The Morgan fingerprint density at radius 2 is 2.04 bits per heavy atom. The summed E-state index contributed by atoms with van der Waals surface area (Å²) in [5.41, 5.74) is 3.00. The van der Waals surface area contributed by atoms with Gasteiger partial charge < -0.3 is 15.3 Å². The Bertz CT molecular complexity index is 928. The molecule has 7 heteroatoms. The van der Waals surface area contributed by atoms with Gasteiger partial charge in [0.05, 0.1) is 28.6 Å². The van der Waals surface area contributed by atoms with Crippen LogP contribution < -0.4 is 5.32 Å². The zero-order valence-corrected chi connectivity index (χ0v) is 16.8. The number of aliphatic imine (C=N–C) groups is 1. The van der Waals surface area contributed by atoms with E-state index in [1.165, 1.54) is 31.0 Å². The van der Waals surface area contributed by atoms with Crippen LogP contribution in [0.4, 0.5) is 10.1 Å². The molecule has 2 atom stereocenters. The van der Waals surface area contributed by atoms with E-state index in [1.54, 1.807) is 0 Å². The molecule has 2 aromatic carbocycles. The molecule has 2 aromatic rings. The molecule has 0 aromatic heterocycles. The van der Waals surface area contributed by atoms with Crippen LogP contribution in [0, 0.1) is 5.82 Å². The lowest BCUT2D eigenvalue weighted by molar-refractivity contribution is 0.0858. The van der Waals surface area contributed by atoms with Crippen molar-refractivity contribution >= 4 is 33.9 Å². The van der Waals surface area contributed by atoms with Crippen LogP contribution in [0.3, 0.4) is 0 Å². The summed E-state index contributed by atoms with van der Waals surface area (Å²) < 4.78 is 13.6. The molecule has 0 spiro atoms. The van der Waals surface area contributed by atoms with E-state index < -0.39 is 18.0 Å². The Labute approximate surface area is 171 Å². The topological polar surface area (TPSA) is 64.9 Å². The number of hydrogen-bond acceptors (Lipinski definition) is 3. The monoisotopic (exact) mass is 445 g/mol. The van der Waals surface area contributed by atoms with Gasteiger partial charge in [-0.2, -0.15) is 0 Å². The van der Waals surface area contributed by atoms with Gasteiger partial charge in [-0.05, 0) is 70.2 Å². The zero-order valence-electron chi connectivity index (χ0n) is 15.2. The highest BCUT2D eigenvalue weighted by Gasteiger charge is 2.32. The fourth-order valence-corrected chi connectivity index (χ4v) is 4.11. The molecular weight excluding hydrogens is 425 g/mol. The molecule has 0 saturated carbocycles. The highest BCUT2D eigenvalue weighted by molar-refractivity contribution is 9.10. The maximum absolute atomic E-state index is 13.4. The average molecular weight is 446 g/mol. The Hall–Kier alpha value is -2.25. The number of aliphatic hydroxyl groups is 1. The summed E-state index contributed by atoms with van der Waals surface area (Å²) in [5, 5.41) is 13.3. The van der Waals surface area contributed by atoms with Crippen LogP contribution >= 0.6 is 15.9 Å². The minimum absolute atomic E-state index is 0.228. The predicted octanol–water partition coefficient (Wildman–Crippen LogP) is 3.73. The van der Waals surface area contributed by atoms with Gasteiger partial charge in [0.1, 0.15) is 5.82 Å². The maximum Gasteiger partial charge on any atom is 0.251 e. The number of nitrogens with zero attached hydrogens (tertiary/aromatic N) is 2. The van der Waals surface area contributed by atoms with E-state index in [9.17, 15) is 14.3 Å². The smallest absolute Gasteiger partial charge is 0.251 e. The summed E-state index contributed by atoms with van der Waals surface area (Å²) in [4.78, 5) is 19.3. The molecule has 2 N–H and O–H groups in total. The van der Waals surface area contributed by atoms with Crippen LogP contribution in [0.1, 0.15) is 40.4 Å². The summed E-state index contributed by atoms with van der Waals surface area (Å²) in [6.07, 6.45) is 4.01. The molecule has 1 aliphatic heterocycles. The lowest BCUT2D eigenvalue weighted by atomic mass is 10.1. The molecule has 1 amide bonds. The van der Waals surface area contributed by atoms with Gasteiger partial charge in [0, 0.05) is 25.1 Å². The van der Waals surface area contributed by atoms with Gasteiger partial charge in [0.2, 0.25) is 0 Å². The lowest BCUT2D eigenvalue weighted by Crippen LogP contribution is -2.33. The Morgan fingerprint density at radius 3 is 2.79 bits per heavy atom.